The molecule has 8 heteroatoms. The van der Waals surface area contributed by atoms with Crippen LogP contribution >= 0.6 is 34.5 Å². The smallest absolute Gasteiger partial charge is 0.246 e. The highest BCUT2D eigenvalue weighted by atomic mass is 35.5. The Labute approximate surface area is 140 Å². The van der Waals surface area contributed by atoms with Crippen LogP contribution in [0.4, 0.5) is 0 Å². The third kappa shape index (κ3) is 3.30. The number of halogens is 2. The Morgan fingerprint density at radius 1 is 1.41 bits per heavy atom. The Morgan fingerprint density at radius 2 is 2.18 bits per heavy atom. The third-order valence-electron chi connectivity index (χ3n) is 2.87. The Balaban J connectivity index is 1.62. The number of aromatic nitrogens is 2. The minimum atomic E-state index is -0.259. The van der Waals surface area contributed by atoms with Gasteiger partial charge in [0.25, 0.3) is 0 Å². The van der Waals surface area contributed by atoms with Gasteiger partial charge in [-0.3, -0.25) is 9.20 Å². The number of carbonyl (C=O) groups is 1. The molecule has 0 aliphatic carbocycles. The van der Waals surface area contributed by atoms with E-state index in [0.717, 1.165) is 4.96 Å². The Bertz CT molecular complexity index is 807. The van der Waals surface area contributed by atoms with Crippen LogP contribution in [-0.4, -0.2) is 21.5 Å². The number of fused-ring (bicyclic) bond motifs is 1. The van der Waals surface area contributed by atoms with Crippen molar-refractivity contribution in [2.75, 3.05) is 0 Å². The van der Waals surface area contributed by atoms with Crippen molar-refractivity contribution in [3.8, 4) is 0 Å². The SMILES string of the molecule is O=C(Cc1cn2ccsc2n1)N/N=C\c1c(Cl)cccc1Cl. The van der Waals surface area contributed by atoms with E-state index >= 15 is 0 Å². The van der Waals surface area contributed by atoms with Crippen molar-refractivity contribution in [2.24, 2.45) is 5.10 Å². The fourth-order valence-electron chi connectivity index (χ4n) is 1.87. The van der Waals surface area contributed by atoms with E-state index in [1.54, 1.807) is 18.2 Å². The summed E-state index contributed by atoms with van der Waals surface area (Å²) in [7, 11) is 0. The predicted molar refractivity (Wildman–Crippen MR) is 89.0 cm³/mol. The molecule has 0 atom stereocenters. The number of hydrogen-bond acceptors (Lipinski definition) is 4. The zero-order valence-electron chi connectivity index (χ0n) is 11.2. The number of thiazole rings is 1. The molecule has 3 rings (SSSR count). The van der Waals surface area contributed by atoms with Crippen LogP contribution < -0.4 is 5.43 Å². The van der Waals surface area contributed by atoms with Crippen LogP contribution in [0, 0.1) is 0 Å². The first-order chi connectivity index (χ1) is 10.6. The quantitative estimate of drug-likeness (QED) is 0.577. The van der Waals surface area contributed by atoms with E-state index in [9.17, 15) is 4.79 Å². The molecule has 2 aromatic heterocycles. The van der Waals surface area contributed by atoms with Crippen molar-refractivity contribution < 1.29 is 4.79 Å². The van der Waals surface area contributed by atoms with Crippen LogP contribution in [0.1, 0.15) is 11.3 Å². The van der Waals surface area contributed by atoms with Crippen LogP contribution in [-0.2, 0) is 11.2 Å². The second-order valence-electron chi connectivity index (χ2n) is 4.43. The van der Waals surface area contributed by atoms with Gasteiger partial charge < -0.3 is 0 Å². The molecule has 1 amide bonds. The summed E-state index contributed by atoms with van der Waals surface area (Å²) in [6, 6.07) is 5.15. The van der Waals surface area contributed by atoms with Gasteiger partial charge in [0.05, 0.1) is 28.4 Å². The standard InChI is InChI=1S/C14H10Cl2N4OS/c15-11-2-1-3-12(16)10(11)7-17-19-13(21)6-9-8-20-4-5-22-14(20)18-9/h1-5,7-8H,6H2,(H,19,21)/b17-7-. The van der Waals surface area contributed by atoms with Crippen molar-refractivity contribution in [2.45, 2.75) is 6.42 Å². The summed E-state index contributed by atoms with van der Waals surface area (Å²) in [5.41, 5.74) is 3.69. The number of hydrazone groups is 1. The number of amides is 1. The van der Waals surface area contributed by atoms with Gasteiger partial charge >= 0.3 is 0 Å². The number of imidazole rings is 1. The largest absolute Gasteiger partial charge is 0.297 e. The van der Waals surface area contributed by atoms with Crippen LogP contribution in [0.2, 0.25) is 10.0 Å². The fourth-order valence-corrected chi connectivity index (χ4v) is 3.08. The van der Waals surface area contributed by atoms with Gasteiger partial charge in [0.2, 0.25) is 5.91 Å². The monoisotopic (exact) mass is 352 g/mol. The van der Waals surface area contributed by atoms with Gasteiger partial charge in [0.1, 0.15) is 0 Å². The highest BCUT2D eigenvalue weighted by Crippen LogP contribution is 2.22. The molecule has 22 heavy (non-hydrogen) atoms. The molecule has 0 aliphatic rings. The van der Waals surface area contributed by atoms with Gasteiger partial charge in [-0.1, -0.05) is 29.3 Å². The van der Waals surface area contributed by atoms with Crippen LogP contribution in [0.25, 0.3) is 4.96 Å². The molecule has 0 radical (unpaired) electrons. The van der Waals surface area contributed by atoms with Gasteiger partial charge in [-0.2, -0.15) is 5.10 Å². The Kier molecular flexibility index (Phi) is 4.42. The molecule has 2 heterocycles. The van der Waals surface area contributed by atoms with Gasteiger partial charge in [-0.25, -0.2) is 10.4 Å². The van der Waals surface area contributed by atoms with Crippen molar-refractivity contribution in [1.29, 1.82) is 0 Å². The second kappa shape index (κ2) is 6.48. The van der Waals surface area contributed by atoms with Crippen LogP contribution in [0.15, 0.2) is 41.1 Å². The third-order valence-corrected chi connectivity index (χ3v) is 4.30. The number of carbonyl (C=O) groups excluding carboxylic acids is 1. The first-order valence-corrected chi connectivity index (χ1v) is 7.94. The lowest BCUT2D eigenvalue weighted by Crippen LogP contribution is -2.20. The lowest BCUT2D eigenvalue weighted by molar-refractivity contribution is -0.120. The molecule has 1 N–H and O–H groups in total. The number of hydrogen-bond donors (Lipinski definition) is 1. The predicted octanol–water partition coefficient (Wildman–Crippen LogP) is 3.40. The number of benzene rings is 1. The molecular formula is C14H10Cl2N4OS. The van der Waals surface area contributed by atoms with Crippen molar-refractivity contribution in [1.82, 2.24) is 14.8 Å². The van der Waals surface area contributed by atoms with E-state index in [4.69, 9.17) is 23.2 Å². The van der Waals surface area contributed by atoms with Crippen molar-refractivity contribution >= 4 is 51.6 Å². The summed E-state index contributed by atoms with van der Waals surface area (Å²) in [5.74, 6) is -0.259. The highest BCUT2D eigenvalue weighted by Gasteiger charge is 2.08. The van der Waals surface area contributed by atoms with Crippen molar-refractivity contribution in [3.63, 3.8) is 0 Å². The molecule has 1 aromatic carbocycles. The summed E-state index contributed by atoms with van der Waals surface area (Å²) < 4.78 is 1.88. The maximum absolute atomic E-state index is 11.8. The summed E-state index contributed by atoms with van der Waals surface area (Å²) >= 11 is 13.5. The summed E-state index contributed by atoms with van der Waals surface area (Å²) in [4.78, 5) is 17.0. The molecule has 0 fully saturated rings. The molecule has 0 saturated carbocycles. The summed E-state index contributed by atoms with van der Waals surface area (Å²) in [6.07, 6.45) is 5.29. The van der Waals surface area contributed by atoms with Crippen molar-refractivity contribution in [3.05, 3.63) is 57.3 Å². The van der Waals surface area contributed by atoms with E-state index in [1.807, 2.05) is 22.2 Å². The summed E-state index contributed by atoms with van der Waals surface area (Å²) in [6.45, 7) is 0. The lowest BCUT2D eigenvalue weighted by Gasteiger charge is -2.01. The maximum atomic E-state index is 11.8. The molecule has 112 valence electrons. The average Bonchev–Trinajstić information content (AvgIpc) is 3.03. The van der Waals surface area contributed by atoms with Gasteiger partial charge in [-0.15, -0.1) is 11.3 Å². The average molecular weight is 353 g/mol. The highest BCUT2D eigenvalue weighted by molar-refractivity contribution is 7.15. The first kappa shape index (κ1) is 15.0. The minimum Gasteiger partial charge on any atom is -0.297 e. The Hall–Kier alpha value is -1.89. The molecule has 0 unspecified atom stereocenters. The van der Waals surface area contributed by atoms with E-state index in [1.165, 1.54) is 17.6 Å². The molecular weight excluding hydrogens is 343 g/mol. The minimum absolute atomic E-state index is 0.155. The summed E-state index contributed by atoms with van der Waals surface area (Å²) in [5, 5.41) is 6.75. The van der Waals surface area contributed by atoms with E-state index < -0.39 is 0 Å². The normalized spacial score (nSPS) is 11.4. The second-order valence-corrected chi connectivity index (χ2v) is 6.12. The zero-order chi connectivity index (χ0) is 15.5. The molecule has 5 nitrogen and oxygen atoms in total. The number of nitrogens with zero attached hydrogens (tertiary/aromatic N) is 3. The van der Waals surface area contributed by atoms with Gasteiger partial charge in [0.15, 0.2) is 4.96 Å². The van der Waals surface area contributed by atoms with Gasteiger partial charge in [-0.05, 0) is 12.1 Å². The fraction of sp³-hybridized carbons (Fsp3) is 0.0714. The Morgan fingerprint density at radius 3 is 2.91 bits per heavy atom. The molecule has 0 bridgehead atoms. The van der Waals surface area contributed by atoms with Gasteiger partial charge in [0, 0.05) is 23.3 Å². The lowest BCUT2D eigenvalue weighted by atomic mass is 10.2. The number of rotatable bonds is 4. The molecule has 0 aliphatic heterocycles. The van der Waals surface area contributed by atoms with E-state index in [0.29, 0.717) is 21.3 Å². The molecule has 0 spiro atoms. The zero-order valence-corrected chi connectivity index (χ0v) is 13.5. The van der Waals surface area contributed by atoms with Crippen LogP contribution in [0.5, 0.6) is 0 Å². The topological polar surface area (TPSA) is 58.8 Å². The van der Waals surface area contributed by atoms with E-state index in [2.05, 4.69) is 15.5 Å². The maximum Gasteiger partial charge on any atom is 0.246 e. The molecule has 0 saturated heterocycles. The number of nitrogens with one attached hydrogen (secondary N) is 1. The van der Waals surface area contributed by atoms with E-state index in [-0.39, 0.29) is 12.3 Å². The molecule has 3 aromatic rings. The first-order valence-electron chi connectivity index (χ1n) is 6.30. The van der Waals surface area contributed by atoms with Crippen LogP contribution in [0.3, 0.4) is 0 Å².